The van der Waals surface area contributed by atoms with Gasteiger partial charge in [0.2, 0.25) is 10.0 Å². The molecule has 0 amide bonds. The van der Waals surface area contributed by atoms with Gasteiger partial charge in [-0.1, -0.05) is 18.2 Å². The zero-order valence-electron chi connectivity index (χ0n) is 11.4. The van der Waals surface area contributed by atoms with Crippen LogP contribution in [0.1, 0.15) is 29.3 Å². The number of nitrogens with zero attached hydrogens (tertiary/aromatic N) is 1. The van der Waals surface area contributed by atoms with Crippen LogP contribution in [0.2, 0.25) is 0 Å². The Kier molecular flexibility index (Phi) is 4.10. The second kappa shape index (κ2) is 5.87. The fraction of sp³-hybridized carbons (Fsp3) is 0.333. The molecule has 2 aromatic rings. The fourth-order valence-corrected chi connectivity index (χ4v) is 5.45. The largest absolute Gasteiger partial charge is 0.218 e. The second-order valence-electron chi connectivity index (χ2n) is 5.17. The molecule has 0 N–H and O–H groups in total. The summed E-state index contributed by atoms with van der Waals surface area (Å²) in [4.78, 5) is 1.09. The van der Waals surface area contributed by atoms with Gasteiger partial charge in [-0.05, 0) is 42.0 Å². The van der Waals surface area contributed by atoms with Gasteiger partial charge in [-0.15, -0.1) is 11.3 Å². The first kappa shape index (κ1) is 14.7. The van der Waals surface area contributed by atoms with Crippen molar-refractivity contribution in [3.63, 3.8) is 0 Å². The third kappa shape index (κ3) is 3.17. The highest BCUT2D eigenvalue weighted by Gasteiger charge is 2.35. The summed E-state index contributed by atoms with van der Waals surface area (Å²) in [7, 11) is -3.38. The van der Waals surface area contributed by atoms with E-state index in [1.807, 2.05) is 17.5 Å². The summed E-state index contributed by atoms with van der Waals surface area (Å²) in [5, 5.41) is 1.97. The molecule has 0 saturated carbocycles. The van der Waals surface area contributed by atoms with Gasteiger partial charge in [-0.2, -0.15) is 4.31 Å². The molecular formula is C15H16FNO2S2. The topological polar surface area (TPSA) is 37.4 Å². The molecule has 3 rings (SSSR count). The number of benzene rings is 1. The molecule has 3 nitrogen and oxygen atoms in total. The third-order valence-corrected chi connectivity index (χ3v) is 6.52. The van der Waals surface area contributed by atoms with Gasteiger partial charge in [0, 0.05) is 11.4 Å². The molecule has 0 spiro atoms. The summed E-state index contributed by atoms with van der Waals surface area (Å²) >= 11 is 1.59. The van der Waals surface area contributed by atoms with Crippen LogP contribution in [0.4, 0.5) is 4.39 Å². The minimum atomic E-state index is -3.38. The molecule has 1 aliphatic heterocycles. The van der Waals surface area contributed by atoms with E-state index >= 15 is 0 Å². The Morgan fingerprint density at radius 3 is 2.67 bits per heavy atom. The zero-order valence-corrected chi connectivity index (χ0v) is 13.0. The van der Waals surface area contributed by atoms with Crippen LogP contribution in [0.5, 0.6) is 0 Å². The summed E-state index contributed by atoms with van der Waals surface area (Å²) in [5.74, 6) is -0.427. The van der Waals surface area contributed by atoms with Crippen molar-refractivity contribution in [2.45, 2.75) is 24.6 Å². The van der Waals surface area contributed by atoms with Crippen LogP contribution in [-0.4, -0.2) is 19.3 Å². The molecule has 1 saturated heterocycles. The Balaban J connectivity index is 1.82. The molecule has 21 heavy (non-hydrogen) atoms. The smallest absolute Gasteiger partial charge is 0.212 e. The number of sulfonamides is 1. The van der Waals surface area contributed by atoms with Crippen molar-refractivity contribution in [1.29, 1.82) is 0 Å². The van der Waals surface area contributed by atoms with Crippen LogP contribution in [0, 0.1) is 5.82 Å². The zero-order chi connectivity index (χ0) is 14.9. The van der Waals surface area contributed by atoms with Gasteiger partial charge >= 0.3 is 0 Å². The summed E-state index contributed by atoms with van der Waals surface area (Å²) in [6.07, 6.45) is 1.74. The number of hydrogen-bond donors (Lipinski definition) is 0. The average Bonchev–Trinajstić information content (AvgIpc) is 3.11. The molecule has 1 unspecified atom stereocenters. The number of halogens is 1. The SMILES string of the molecule is O=S(=O)(Cc1ccc(F)cc1)N1CCCC1c1cccs1. The first-order valence-electron chi connectivity index (χ1n) is 6.84. The number of hydrogen-bond acceptors (Lipinski definition) is 3. The molecular weight excluding hydrogens is 309 g/mol. The lowest BCUT2D eigenvalue weighted by Crippen LogP contribution is -2.31. The van der Waals surface area contributed by atoms with Crippen molar-refractivity contribution < 1.29 is 12.8 Å². The van der Waals surface area contributed by atoms with Crippen molar-refractivity contribution in [1.82, 2.24) is 4.31 Å². The maximum atomic E-state index is 12.9. The van der Waals surface area contributed by atoms with Crippen LogP contribution in [0.3, 0.4) is 0 Å². The van der Waals surface area contributed by atoms with Crippen LogP contribution in [0.15, 0.2) is 41.8 Å². The van der Waals surface area contributed by atoms with Crippen LogP contribution in [0.25, 0.3) is 0 Å². The summed E-state index contributed by atoms with van der Waals surface area (Å²) in [6.45, 7) is 0.562. The maximum Gasteiger partial charge on any atom is 0.218 e. The predicted molar refractivity (Wildman–Crippen MR) is 82.0 cm³/mol. The second-order valence-corrected chi connectivity index (χ2v) is 8.07. The number of rotatable bonds is 4. The lowest BCUT2D eigenvalue weighted by molar-refractivity contribution is 0.400. The van der Waals surface area contributed by atoms with E-state index < -0.39 is 10.0 Å². The van der Waals surface area contributed by atoms with Gasteiger partial charge in [-0.25, -0.2) is 12.8 Å². The van der Waals surface area contributed by atoms with E-state index in [4.69, 9.17) is 0 Å². The van der Waals surface area contributed by atoms with Gasteiger partial charge in [0.15, 0.2) is 0 Å². The first-order valence-corrected chi connectivity index (χ1v) is 9.32. The third-order valence-electron chi connectivity index (χ3n) is 3.69. The lowest BCUT2D eigenvalue weighted by atomic mass is 10.2. The molecule has 1 aromatic carbocycles. The molecule has 2 heterocycles. The minimum absolute atomic E-state index is 0.0459. The summed E-state index contributed by atoms with van der Waals surface area (Å²) in [6, 6.07) is 9.54. The summed E-state index contributed by atoms with van der Waals surface area (Å²) < 4.78 is 39.8. The fourth-order valence-electron chi connectivity index (χ4n) is 2.71. The Morgan fingerprint density at radius 2 is 2.00 bits per heavy atom. The van der Waals surface area contributed by atoms with E-state index in [0.717, 1.165) is 17.7 Å². The minimum Gasteiger partial charge on any atom is -0.212 e. The van der Waals surface area contributed by atoms with Crippen molar-refractivity contribution in [2.75, 3.05) is 6.54 Å². The molecule has 1 atom stereocenters. The van der Waals surface area contributed by atoms with Crippen molar-refractivity contribution in [3.05, 3.63) is 58.0 Å². The maximum absolute atomic E-state index is 12.9. The lowest BCUT2D eigenvalue weighted by Gasteiger charge is -2.23. The highest BCUT2D eigenvalue weighted by Crippen LogP contribution is 2.37. The Labute approximate surface area is 128 Å². The Morgan fingerprint density at radius 1 is 1.24 bits per heavy atom. The molecule has 1 fully saturated rings. The van der Waals surface area contributed by atoms with E-state index in [2.05, 4.69) is 0 Å². The quantitative estimate of drug-likeness (QED) is 0.862. The Hall–Kier alpha value is -1.24. The first-order chi connectivity index (χ1) is 10.1. The molecule has 0 bridgehead atoms. The van der Waals surface area contributed by atoms with Crippen molar-refractivity contribution >= 4 is 21.4 Å². The van der Waals surface area contributed by atoms with E-state index in [1.165, 1.54) is 24.3 Å². The molecule has 6 heteroatoms. The number of thiophene rings is 1. The molecule has 1 aliphatic rings. The van der Waals surface area contributed by atoms with Gasteiger partial charge in [0.05, 0.1) is 11.8 Å². The van der Waals surface area contributed by atoms with E-state index in [1.54, 1.807) is 15.6 Å². The van der Waals surface area contributed by atoms with E-state index in [-0.39, 0.29) is 17.6 Å². The molecule has 0 radical (unpaired) electrons. The van der Waals surface area contributed by atoms with Crippen molar-refractivity contribution in [3.8, 4) is 0 Å². The van der Waals surface area contributed by atoms with Crippen molar-refractivity contribution in [2.24, 2.45) is 0 Å². The van der Waals surface area contributed by atoms with Crippen LogP contribution < -0.4 is 0 Å². The van der Waals surface area contributed by atoms with Gasteiger partial charge in [0.25, 0.3) is 0 Å². The average molecular weight is 325 g/mol. The standard InChI is InChI=1S/C15H16FNO2S2/c16-13-7-5-12(6-8-13)11-21(18,19)17-9-1-3-14(17)15-4-2-10-20-15/h2,4-8,10,14H,1,3,9,11H2. The highest BCUT2D eigenvalue weighted by atomic mass is 32.2. The molecule has 0 aliphatic carbocycles. The monoisotopic (exact) mass is 325 g/mol. The van der Waals surface area contributed by atoms with E-state index in [0.29, 0.717) is 12.1 Å². The highest BCUT2D eigenvalue weighted by molar-refractivity contribution is 7.88. The van der Waals surface area contributed by atoms with E-state index in [9.17, 15) is 12.8 Å². The van der Waals surface area contributed by atoms with Gasteiger partial charge in [0.1, 0.15) is 5.82 Å². The van der Waals surface area contributed by atoms with Crippen LogP contribution >= 0.6 is 11.3 Å². The predicted octanol–water partition coefficient (Wildman–Crippen LogP) is 3.55. The van der Waals surface area contributed by atoms with Crippen LogP contribution in [-0.2, 0) is 15.8 Å². The van der Waals surface area contributed by atoms with Gasteiger partial charge in [-0.3, -0.25) is 0 Å². The molecule has 1 aromatic heterocycles. The normalized spacial score (nSPS) is 20.0. The summed E-state index contributed by atoms with van der Waals surface area (Å²) in [5.41, 5.74) is 0.619. The Bertz CT molecular complexity index is 696. The molecule has 112 valence electrons. The van der Waals surface area contributed by atoms with Gasteiger partial charge < -0.3 is 0 Å².